The van der Waals surface area contributed by atoms with Crippen LogP contribution in [0.5, 0.6) is 0 Å². The van der Waals surface area contributed by atoms with E-state index in [4.69, 9.17) is 9.47 Å². The number of rotatable bonds is 9. The molecule has 0 saturated carbocycles. The van der Waals surface area contributed by atoms with Crippen molar-refractivity contribution in [2.45, 2.75) is 38.8 Å². The zero-order valence-corrected chi connectivity index (χ0v) is 13.2. The van der Waals surface area contributed by atoms with Crippen molar-refractivity contribution in [3.63, 3.8) is 0 Å². The van der Waals surface area contributed by atoms with Gasteiger partial charge in [0.2, 0.25) is 0 Å². The molecule has 0 fully saturated rings. The molecule has 0 bridgehead atoms. The van der Waals surface area contributed by atoms with E-state index < -0.39 is 0 Å². The molecule has 0 aliphatic carbocycles. The number of ether oxygens (including phenoxy) is 2. The molecule has 0 radical (unpaired) electrons. The van der Waals surface area contributed by atoms with E-state index in [2.05, 4.69) is 37.8 Å². The smallest absolute Gasteiger partial charge is 0.102 e. The Morgan fingerprint density at radius 3 is 1.82 bits per heavy atom. The van der Waals surface area contributed by atoms with Crippen LogP contribution in [0.1, 0.15) is 24.5 Å². The third-order valence-corrected chi connectivity index (χ3v) is 3.59. The van der Waals surface area contributed by atoms with Gasteiger partial charge in [0, 0.05) is 0 Å². The van der Waals surface area contributed by atoms with Crippen LogP contribution in [-0.2, 0) is 22.7 Å². The van der Waals surface area contributed by atoms with E-state index in [1.165, 1.54) is 5.56 Å². The van der Waals surface area contributed by atoms with E-state index in [0.29, 0.717) is 13.2 Å². The molecule has 0 saturated heterocycles. The lowest BCUT2D eigenvalue weighted by Gasteiger charge is -2.24. The summed E-state index contributed by atoms with van der Waals surface area (Å²) >= 11 is 0. The minimum Gasteiger partial charge on any atom is -0.371 e. The molecule has 2 rings (SSSR count). The van der Waals surface area contributed by atoms with Gasteiger partial charge in [0.15, 0.2) is 0 Å². The van der Waals surface area contributed by atoms with Gasteiger partial charge >= 0.3 is 0 Å². The zero-order chi connectivity index (χ0) is 15.6. The number of benzene rings is 2. The van der Waals surface area contributed by atoms with Crippen molar-refractivity contribution in [2.24, 2.45) is 0 Å². The maximum atomic E-state index is 6.02. The molecule has 22 heavy (non-hydrogen) atoms. The fraction of sp³-hybridized carbons (Fsp3) is 0.300. The van der Waals surface area contributed by atoms with Crippen molar-refractivity contribution in [3.05, 3.63) is 84.4 Å². The molecule has 0 aliphatic rings. The first-order chi connectivity index (χ1) is 10.8. The molecule has 2 atom stereocenters. The summed E-state index contributed by atoms with van der Waals surface area (Å²) in [5, 5.41) is 0. The highest BCUT2D eigenvalue weighted by atomic mass is 16.5. The predicted molar refractivity (Wildman–Crippen MR) is 90.5 cm³/mol. The third kappa shape index (κ3) is 5.14. The summed E-state index contributed by atoms with van der Waals surface area (Å²) in [7, 11) is 0. The summed E-state index contributed by atoms with van der Waals surface area (Å²) in [6, 6.07) is 20.4. The van der Waals surface area contributed by atoms with E-state index in [1.807, 2.05) is 42.5 Å². The van der Waals surface area contributed by atoms with Crippen molar-refractivity contribution in [3.8, 4) is 0 Å². The van der Waals surface area contributed by atoms with Crippen molar-refractivity contribution < 1.29 is 9.47 Å². The van der Waals surface area contributed by atoms with E-state index in [-0.39, 0.29) is 12.2 Å². The van der Waals surface area contributed by atoms with Gasteiger partial charge in [-0.3, -0.25) is 0 Å². The van der Waals surface area contributed by atoms with Crippen LogP contribution in [0.15, 0.2) is 73.3 Å². The van der Waals surface area contributed by atoms with Gasteiger partial charge in [0.1, 0.15) is 6.10 Å². The van der Waals surface area contributed by atoms with E-state index in [1.54, 1.807) is 0 Å². The van der Waals surface area contributed by atoms with Crippen molar-refractivity contribution >= 4 is 0 Å². The second-order valence-corrected chi connectivity index (χ2v) is 5.24. The molecule has 2 heteroatoms. The minimum atomic E-state index is -0.103. The molecule has 0 amide bonds. The van der Waals surface area contributed by atoms with Gasteiger partial charge in [-0.25, -0.2) is 0 Å². The Balaban J connectivity index is 1.87. The van der Waals surface area contributed by atoms with Gasteiger partial charge in [0.25, 0.3) is 0 Å². The first-order valence-corrected chi connectivity index (χ1v) is 7.77. The second kappa shape index (κ2) is 9.19. The van der Waals surface area contributed by atoms with Crippen molar-refractivity contribution in [2.75, 3.05) is 0 Å². The molecular formula is C20H24O2. The summed E-state index contributed by atoms with van der Waals surface area (Å²) in [6.07, 6.45) is 2.63. The standard InChI is InChI=1S/C20H24O2/c1-3-19(21-15-17-11-7-5-8-12-17)20(4-2)22-16-18-13-9-6-10-14-18/h3,5-14,19-20H,1,4,15-16H2,2H3. The molecule has 0 N–H and O–H groups in total. The van der Waals surface area contributed by atoms with Crippen LogP contribution in [-0.4, -0.2) is 12.2 Å². The second-order valence-electron chi connectivity index (χ2n) is 5.24. The van der Waals surface area contributed by atoms with Crippen LogP contribution in [0, 0.1) is 0 Å². The molecule has 0 aromatic heterocycles. The molecule has 2 unspecified atom stereocenters. The molecular weight excluding hydrogens is 272 g/mol. The highest BCUT2D eigenvalue weighted by Gasteiger charge is 2.18. The summed E-state index contributed by atoms with van der Waals surface area (Å²) < 4.78 is 12.0. The van der Waals surface area contributed by atoms with Gasteiger partial charge in [0.05, 0.1) is 19.3 Å². The normalized spacial score (nSPS) is 13.5. The SMILES string of the molecule is C=CC(OCc1ccccc1)C(CC)OCc1ccccc1. The lowest BCUT2D eigenvalue weighted by atomic mass is 10.1. The maximum Gasteiger partial charge on any atom is 0.102 e. The molecule has 0 aliphatic heterocycles. The maximum absolute atomic E-state index is 6.02. The Labute approximate surface area is 133 Å². The zero-order valence-electron chi connectivity index (χ0n) is 13.2. The molecule has 2 nitrogen and oxygen atoms in total. The van der Waals surface area contributed by atoms with Gasteiger partial charge in [-0.2, -0.15) is 0 Å². The third-order valence-electron chi connectivity index (χ3n) is 3.59. The molecule has 116 valence electrons. The van der Waals surface area contributed by atoms with Crippen LogP contribution in [0.2, 0.25) is 0 Å². The molecule has 0 spiro atoms. The highest BCUT2D eigenvalue weighted by Crippen LogP contribution is 2.15. The Hall–Kier alpha value is -1.90. The van der Waals surface area contributed by atoms with Crippen LogP contribution in [0.4, 0.5) is 0 Å². The Morgan fingerprint density at radius 2 is 1.36 bits per heavy atom. The minimum absolute atomic E-state index is 0.0152. The summed E-state index contributed by atoms with van der Waals surface area (Å²) in [6.45, 7) is 7.17. The first-order valence-electron chi connectivity index (χ1n) is 7.77. The van der Waals surface area contributed by atoms with Gasteiger partial charge in [-0.15, -0.1) is 6.58 Å². The average Bonchev–Trinajstić information content (AvgIpc) is 2.59. The Morgan fingerprint density at radius 1 is 0.864 bits per heavy atom. The monoisotopic (exact) mass is 296 g/mol. The number of hydrogen-bond acceptors (Lipinski definition) is 2. The molecule has 2 aromatic rings. The Bertz CT molecular complexity index is 536. The summed E-state index contributed by atoms with van der Waals surface area (Å²) in [4.78, 5) is 0. The molecule has 0 heterocycles. The van der Waals surface area contributed by atoms with Gasteiger partial charge in [-0.1, -0.05) is 73.7 Å². The van der Waals surface area contributed by atoms with Crippen LogP contribution >= 0.6 is 0 Å². The van der Waals surface area contributed by atoms with Crippen LogP contribution in [0.3, 0.4) is 0 Å². The van der Waals surface area contributed by atoms with E-state index >= 15 is 0 Å². The fourth-order valence-electron chi connectivity index (χ4n) is 2.32. The first kappa shape index (κ1) is 16.5. The predicted octanol–water partition coefficient (Wildman–Crippen LogP) is 4.75. The van der Waals surface area contributed by atoms with E-state index in [0.717, 1.165) is 12.0 Å². The lowest BCUT2D eigenvalue weighted by molar-refractivity contribution is -0.0656. The van der Waals surface area contributed by atoms with Crippen molar-refractivity contribution in [1.82, 2.24) is 0 Å². The highest BCUT2D eigenvalue weighted by molar-refractivity contribution is 5.14. The Kier molecular flexibility index (Phi) is 6.88. The molecule has 2 aromatic carbocycles. The lowest BCUT2D eigenvalue weighted by Crippen LogP contribution is -2.29. The van der Waals surface area contributed by atoms with E-state index in [9.17, 15) is 0 Å². The summed E-state index contributed by atoms with van der Waals surface area (Å²) in [5.74, 6) is 0. The quantitative estimate of drug-likeness (QED) is 0.621. The summed E-state index contributed by atoms with van der Waals surface area (Å²) in [5.41, 5.74) is 2.33. The number of hydrogen-bond donors (Lipinski definition) is 0. The van der Waals surface area contributed by atoms with Crippen molar-refractivity contribution in [1.29, 1.82) is 0 Å². The fourth-order valence-corrected chi connectivity index (χ4v) is 2.32. The largest absolute Gasteiger partial charge is 0.371 e. The van der Waals surface area contributed by atoms with Gasteiger partial charge < -0.3 is 9.47 Å². The van der Waals surface area contributed by atoms with Gasteiger partial charge in [-0.05, 0) is 17.5 Å². The van der Waals surface area contributed by atoms with Crippen LogP contribution in [0.25, 0.3) is 0 Å². The van der Waals surface area contributed by atoms with Crippen LogP contribution < -0.4 is 0 Å². The topological polar surface area (TPSA) is 18.5 Å². The average molecular weight is 296 g/mol.